The van der Waals surface area contributed by atoms with Gasteiger partial charge in [0, 0.05) is 17.7 Å². The molecule has 1 heterocycles. The van der Waals surface area contributed by atoms with Crippen molar-refractivity contribution < 1.29 is 9.84 Å². The number of rotatable bonds is 5. The number of aromatic nitrogens is 2. The smallest absolute Gasteiger partial charge is 0.328 e. The Morgan fingerprint density at radius 1 is 1.32 bits per heavy atom. The molecular weight excluding hydrogens is 435 g/mol. The summed E-state index contributed by atoms with van der Waals surface area (Å²) >= 11 is 1.92. The predicted molar refractivity (Wildman–Crippen MR) is 100 cm³/mol. The number of fused-ring (bicyclic) bond motifs is 1. The van der Waals surface area contributed by atoms with Gasteiger partial charge in [0.05, 0.1) is 22.9 Å². The number of nitrogens with one attached hydrogen (secondary N) is 1. The van der Waals surface area contributed by atoms with E-state index < -0.39 is 11.8 Å². The molecule has 2 aliphatic carbocycles. The van der Waals surface area contributed by atoms with E-state index in [1.165, 1.54) is 0 Å². The van der Waals surface area contributed by atoms with Crippen LogP contribution in [0.4, 0.5) is 0 Å². The zero-order valence-electron chi connectivity index (χ0n) is 13.5. The number of aliphatic hydroxyl groups is 1. The van der Waals surface area contributed by atoms with Crippen LogP contribution >= 0.6 is 22.6 Å². The molecule has 6 nitrogen and oxygen atoms in total. The molecule has 0 bridgehead atoms. The Morgan fingerprint density at radius 3 is 2.80 bits per heavy atom. The van der Waals surface area contributed by atoms with Crippen LogP contribution in [0.25, 0.3) is 0 Å². The first kappa shape index (κ1) is 17.0. The van der Waals surface area contributed by atoms with Crippen LogP contribution in [0, 0.1) is 14.9 Å². The second-order valence-corrected chi connectivity index (χ2v) is 8.15. The first-order valence-corrected chi connectivity index (χ1v) is 9.40. The number of benzene rings is 1. The normalized spacial score (nSPS) is 30.2. The summed E-state index contributed by atoms with van der Waals surface area (Å²) in [6.45, 7) is 1.00. The molecule has 132 valence electrons. The molecule has 2 aromatic rings. The van der Waals surface area contributed by atoms with Gasteiger partial charge in [-0.05, 0) is 46.9 Å². The summed E-state index contributed by atoms with van der Waals surface area (Å²) in [5, 5.41) is 10.6. The van der Waals surface area contributed by atoms with Gasteiger partial charge in [-0.3, -0.25) is 14.3 Å². The second-order valence-electron chi connectivity index (χ2n) is 6.98. The quantitative estimate of drug-likeness (QED) is 0.674. The number of H-pyrrole nitrogens is 1. The van der Waals surface area contributed by atoms with E-state index in [2.05, 4.69) is 4.98 Å². The standard InChI is InChI=1S/C18H19IN2O4/c19-13-8-21(17(24)20-16(13)23)14-6-15(22)18(7-12(14)18)10-25-9-11-4-2-1-3-5-11/h1-5,8,12,14-15,22H,6-7,9-10H2,(H,20,23,24)/t12-,14+,15+,18+/m1/s1. The number of hydrogen-bond acceptors (Lipinski definition) is 4. The van der Waals surface area contributed by atoms with Crippen molar-refractivity contribution in [1.82, 2.24) is 9.55 Å². The molecule has 2 saturated carbocycles. The van der Waals surface area contributed by atoms with Gasteiger partial charge in [-0.1, -0.05) is 30.3 Å². The molecule has 0 unspecified atom stereocenters. The van der Waals surface area contributed by atoms with Crippen LogP contribution in [0.1, 0.15) is 24.4 Å². The van der Waals surface area contributed by atoms with Gasteiger partial charge in [-0.25, -0.2) is 4.79 Å². The Bertz CT molecular complexity index is 894. The minimum Gasteiger partial charge on any atom is -0.392 e. The Balaban J connectivity index is 1.47. The van der Waals surface area contributed by atoms with Crippen LogP contribution in [0.15, 0.2) is 46.1 Å². The molecular formula is C18H19IN2O4. The largest absolute Gasteiger partial charge is 0.392 e. The molecule has 25 heavy (non-hydrogen) atoms. The van der Waals surface area contributed by atoms with Crippen LogP contribution in [0.3, 0.4) is 0 Å². The third-order valence-corrected chi connectivity index (χ3v) is 6.30. The van der Waals surface area contributed by atoms with Crippen LogP contribution in [0.2, 0.25) is 0 Å². The Labute approximate surface area is 158 Å². The molecule has 2 N–H and O–H groups in total. The number of ether oxygens (including phenoxy) is 1. The SMILES string of the molecule is O=c1[nH]c(=O)n([C@H]2C[C@H](O)[C@]3(COCc4ccccc4)C[C@H]23)cc1I. The van der Waals surface area contributed by atoms with E-state index >= 15 is 0 Å². The summed E-state index contributed by atoms with van der Waals surface area (Å²) in [4.78, 5) is 26.0. The summed E-state index contributed by atoms with van der Waals surface area (Å²) in [5.74, 6) is 0.206. The van der Waals surface area contributed by atoms with Crippen molar-refractivity contribution in [1.29, 1.82) is 0 Å². The fourth-order valence-electron chi connectivity index (χ4n) is 4.09. The lowest BCUT2D eigenvalue weighted by molar-refractivity contribution is 0.0134. The van der Waals surface area contributed by atoms with E-state index in [0.29, 0.717) is 23.2 Å². The molecule has 0 spiro atoms. The van der Waals surface area contributed by atoms with Crippen molar-refractivity contribution in [2.45, 2.75) is 31.6 Å². The van der Waals surface area contributed by atoms with Crippen LogP contribution in [-0.2, 0) is 11.3 Å². The molecule has 1 aromatic heterocycles. The summed E-state index contributed by atoms with van der Waals surface area (Å²) < 4.78 is 7.92. The van der Waals surface area contributed by atoms with E-state index in [9.17, 15) is 14.7 Å². The van der Waals surface area contributed by atoms with Crippen LogP contribution < -0.4 is 11.2 Å². The van der Waals surface area contributed by atoms with Crippen LogP contribution in [-0.4, -0.2) is 27.4 Å². The molecule has 1 aromatic carbocycles. The fraction of sp³-hybridized carbons (Fsp3) is 0.444. The molecule has 0 amide bonds. The first-order chi connectivity index (χ1) is 12.0. The van der Waals surface area contributed by atoms with E-state index in [0.717, 1.165) is 12.0 Å². The van der Waals surface area contributed by atoms with Crippen molar-refractivity contribution in [3.63, 3.8) is 0 Å². The lowest BCUT2D eigenvalue weighted by Crippen LogP contribution is -2.34. The average Bonchev–Trinajstić information content (AvgIpc) is 3.26. The molecule has 0 aliphatic heterocycles. The van der Waals surface area contributed by atoms with Gasteiger partial charge in [0.15, 0.2) is 0 Å². The Morgan fingerprint density at radius 2 is 2.08 bits per heavy atom. The summed E-state index contributed by atoms with van der Waals surface area (Å²) in [5.41, 5.74) is 0.0659. The van der Waals surface area contributed by atoms with Crippen molar-refractivity contribution in [2.75, 3.05) is 6.61 Å². The van der Waals surface area contributed by atoms with Gasteiger partial charge in [0.2, 0.25) is 0 Å². The first-order valence-electron chi connectivity index (χ1n) is 8.32. The number of aromatic amines is 1. The molecule has 0 saturated heterocycles. The highest BCUT2D eigenvalue weighted by Crippen LogP contribution is 2.67. The topological polar surface area (TPSA) is 84.3 Å². The number of halogens is 1. The maximum Gasteiger partial charge on any atom is 0.328 e. The van der Waals surface area contributed by atoms with Crippen molar-refractivity contribution in [3.8, 4) is 0 Å². The maximum absolute atomic E-state index is 12.1. The zero-order chi connectivity index (χ0) is 17.6. The lowest BCUT2D eigenvalue weighted by Gasteiger charge is -2.18. The predicted octanol–water partition coefficient (Wildman–Crippen LogP) is 1.67. The summed E-state index contributed by atoms with van der Waals surface area (Å²) in [7, 11) is 0. The highest BCUT2D eigenvalue weighted by atomic mass is 127. The second kappa shape index (κ2) is 6.37. The Hall–Kier alpha value is -1.45. The molecule has 4 atom stereocenters. The van der Waals surface area contributed by atoms with E-state index in [-0.39, 0.29) is 22.9 Å². The minimum absolute atomic E-state index is 0.0896. The van der Waals surface area contributed by atoms with Crippen molar-refractivity contribution in [3.05, 3.63) is 66.5 Å². The van der Waals surface area contributed by atoms with E-state index in [4.69, 9.17) is 4.74 Å². The Kier molecular flexibility index (Phi) is 4.33. The zero-order valence-corrected chi connectivity index (χ0v) is 15.7. The number of aliphatic hydroxyl groups excluding tert-OH is 1. The summed E-state index contributed by atoms with van der Waals surface area (Å²) in [6.07, 6.45) is 2.46. The molecule has 2 aliphatic rings. The number of hydrogen-bond donors (Lipinski definition) is 2. The summed E-state index contributed by atoms with van der Waals surface area (Å²) in [6, 6.07) is 9.85. The lowest BCUT2D eigenvalue weighted by atomic mass is 10.0. The van der Waals surface area contributed by atoms with E-state index in [1.54, 1.807) is 10.8 Å². The third kappa shape index (κ3) is 2.98. The maximum atomic E-state index is 12.1. The van der Waals surface area contributed by atoms with Crippen molar-refractivity contribution in [2.24, 2.45) is 11.3 Å². The number of nitrogens with zero attached hydrogens (tertiary/aromatic N) is 1. The molecule has 4 rings (SSSR count). The monoisotopic (exact) mass is 454 g/mol. The fourth-order valence-corrected chi connectivity index (χ4v) is 4.53. The van der Waals surface area contributed by atoms with E-state index in [1.807, 2.05) is 52.9 Å². The van der Waals surface area contributed by atoms with Gasteiger partial charge in [0.1, 0.15) is 0 Å². The van der Waals surface area contributed by atoms with Gasteiger partial charge in [-0.15, -0.1) is 0 Å². The highest BCUT2D eigenvalue weighted by Gasteiger charge is 2.67. The van der Waals surface area contributed by atoms with Gasteiger partial charge >= 0.3 is 5.69 Å². The average molecular weight is 454 g/mol. The molecule has 7 heteroatoms. The van der Waals surface area contributed by atoms with Gasteiger partial charge in [0.25, 0.3) is 5.56 Å². The van der Waals surface area contributed by atoms with Gasteiger partial charge in [-0.2, -0.15) is 0 Å². The molecule has 2 fully saturated rings. The third-order valence-electron chi connectivity index (χ3n) is 5.54. The molecule has 0 radical (unpaired) electrons. The highest BCUT2D eigenvalue weighted by molar-refractivity contribution is 14.1. The van der Waals surface area contributed by atoms with Crippen LogP contribution in [0.5, 0.6) is 0 Å². The van der Waals surface area contributed by atoms with Gasteiger partial charge < -0.3 is 9.84 Å². The van der Waals surface area contributed by atoms with Crippen molar-refractivity contribution >= 4 is 22.6 Å². The minimum atomic E-state index is -0.491.